The molecule has 0 saturated carbocycles. The van der Waals surface area contributed by atoms with Crippen molar-refractivity contribution in [1.82, 2.24) is 4.90 Å². The number of amides is 3. The van der Waals surface area contributed by atoms with Crippen LogP contribution in [0.2, 0.25) is 5.02 Å². The van der Waals surface area contributed by atoms with E-state index < -0.39 is 17.4 Å². The number of nitrogens with zero attached hydrogens (tertiary/aromatic N) is 2. The number of rotatable bonds is 2. The summed E-state index contributed by atoms with van der Waals surface area (Å²) < 4.78 is 5.50. The van der Waals surface area contributed by atoms with E-state index in [1.54, 1.807) is 12.1 Å². The summed E-state index contributed by atoms with van der Waals surface area (Å²) in [5.41, 5.74) is 3.50. The van der Waals surface area contributed by atoms with Gasteiger partial charge in [-0.25, -0.2) is 4.90 Å². The van der Waals surface area contributed by atoms with Crippen LogP contribution in [0.4, 0.5) is 11.4 Å². The van der Waals surface area contributed by atoms with E-state index in [0.29, 0.717) is 23.0 Å². The molecule has 0 radical (unpaired) electrons. The number of ether oxygens (including phenoxy) is 1. The second-order valence-electron chi connectivity index (χ2n) is 9.92. The molecule has 0 unspecified atom stereocenters. The molecule has 0 aromatic heterocycles. The van der Waals surface area contributed by atoms with Gasteiger partial charge in [0.1, 0.15) is 11.3 Å². The second-order valence-corrected chi connectivity index (χ2v) is 10.3. The number of benzene rings is 2. The van der Waals surface area contributed by atoms with Crippen LogP contribution in [0.25, 0.3) is 0 Å². The molecule has 3 fully saturated rings. The summed E-state index contributed by atoms with van der Waals surface area (Å²) in [4.78, 5) is 45.4. The first-order valence-corrected chi connectivity index (χ1v) is 12.0. The smallest absolute Gasteiger partial charge is 0.250 e. The molecule has 1 spiro atoms. The van der Waals surface area contributed by atoms with Gasteiger partial charge in [0, 0.05) is 28.4 Å². The number of nitrogens with one attached hydrogen (secondary N) is 1. The monoisotopic (exact) mass is 479 g/mol. The van der Waals surface area contributed by atoms with Gasteiger partial charge in [0.15, 0.2) is 0 Å². The summed E-state index contributed by atoms with van der Waals surface area (Å²) in [6.45, 7) is 6.46. The number of hydrogen-bond donors (Lipinski definition) is 1. The summed E-state index contributed by atoms with van der Waals surface area (Å²) >= 11 is 6.29. The third-order valence-electron chi connectivity index (χ3n) is 8.14. The van der Waals surface area contributed by atoms with Crippen LogP contribution in [0.1, 0.15) is 35.1 Å². The number of aryl methyl sites for hydroxylation is 3. The molecule has 7 nitrogen and oxygen atoms in total. The van der Waals surface area contributed by atoms with Crippen molar-refractivity contribution in [2.24, 2.45) is 11.8 Å². The fraction of sp³-hybridized carbons (Fsp3) is 0.423. The standard InChI is InChI=1S/C26H26ClN3O4/c1-12-8-14(3)22-15(9-12)26(25(33)28-22)21-20(17-6-5-7-29(17)26)23(31)30(24(21)32)18-10-13(2)16(27)11-19(18)34-4/h8-11,17,20-21H,5-7H2,1-4H3,(H,28,33)/t17-,20+,21-,26-/m0/s1. The van der Waals surface area contributed by atoms with Crippen molar-refractivity contribution in [3.63, 3.8) is 0 Å². The van der Waals surface area contributed by atoms with Crippen LogP contribution in [0, 0.1) is 32.6 Å². The Morgan fingerprint density at radius 1 is 1.06 bits per heavy atom. The Kier molecular flexibility index (Phi) is 4.49. The topological polar surface area (TPSA) is 78.9 Å². The van der Waals surface area contributed by atoms with Gasteiger partial charge >= 0.3 is 0 Å². The van der Waals surface area contributed by atoms with Crippen molar-refractivity contribution in [1.29, 1.82) is 0 Å². The Bertz CT molecular complexity index is 1310. The number of carbonyl (C=O) groups excluding carboxylic acids is 3. The lowest BCUT2D eigenvalue weighted by atomic mass is 9.75. The van der Waals surface area contributed by atoms with Gasteiger partial charge in [-0.05, 0) is 57.4 Å². The molecule has 176 valence electrons. The van der Waals surface area contributed by atoms with E-state index in [2.05, 4.69) is 10.2 Å². The number of carbonyl (C=O) groups is 3. The highest BCUT2D eigenvalue weighted by Crippen LogP contribution is 2.61. The first kappa shape index (κ1) is 21.6. The van der Waals surface area contributed by atoms with Crippen LogP contribution in [-0.2, 0) is 19.9 Å². The zero-order valence-electron chi connectivity index (χ0n) is 19.6. The van der Waals surface area contributed by atoms with Crippen LogP contribution < -0.4 is 15.0 Å². The van der Waals surface area contributed by atoms with Gasteiger partial charge in [-0.3, -0.25) is 19.3 Å². The lowest BCUT2D eigenvalue weighted by molar-refractivity contribution is -0.135. The minimum absolute atomic E-state index is 0.164. The molecule has 0 aliphatic carbocycles. The Labute approximate surface area is 203 Å². The van der Waals surface area contributed by atoms with Crippen molar-refractivity contribution in [2.75, 3.05) is 23.9 Å². The zero-order chi connectivity index (χ0) is 24.1. The Balaban J connectivity index is 1.58. The lowest BCUT2D eigenvalue weighted by Crippen LogP contribution is -2.54. The van der Waals surface area contributed by atoms with E-state index in [4.69, 9.17) is 16.3 Å². The minimum atomic E-state index is -1.19. The van der Waals surface area contributed by atoms with Crippen LogP contribution >= 0.6 is 11.6 Å². The molecule has 8 heteroatoms. The molecule has 3 amide bonds. The Morgan fingerprint density at radius 3 is 2.56 bits per heavy atom. The van der Waals surface area contributed by atoms with E-state index >= 15 is 0 Å². The average Bonchev–Trinajstić information content (AvgIpc) is 3.49. The van der Waals surface area contributed by atoms with Crippen molar-refractivity contribution in [2.45, 2.75) is 45.2 Å². The zero-order valence-corrected chi connectivity index (χ0v) is 20.3. The number of fused-ring (bicyclic) bond motifs is 7. The van der Waals surface area contributed by atoms with Crippen molar-refractivity contribution in [3.05, 3.63) is 51.5 Å². The molecule has 2 aromatic rings. The minimum Gasteiger partial charge on any atom is -0.495 e. The van der Waals surface area contributed by atoms with Crippen LogP contribution in [0.5, 0.6) is 5.75 Å². The molecule has 1 N–H and O–H groups in total. The van der Waals surface area contributed by atoms with Gasteiger partial charge in [0.05, 0.1) is 24.6 Å². The Morgan fingerprint density at radius 2 is 1.82 bits per heavy atom. The van der Waals surface area contributed by atoms with Gasteiger partial charge in [-0.15, -0.1) is 0 Å². The second kappa shape index (κ2) is 7.06. The molecular weight excluding hydrogens is 454 g/mol. The van der Waals surface area contributed by atoms with Crippen LogP contribution in [-0.4, -0.2) is 42.3 Å². The molecule has 4 heterocycles. The Hall–Kier alpha value is -2.90. The van der Waals surface area contributed by atoms with E-state index in [-0.39, 0.29) is 23.8 Å². The normalized spacial score (nSPS) is 29.6. The van der Waals surface area contributed by atoms with Gasteiger partial charge in [-0.2, -0.15) is 0 Å². The molecular formula is C26H26ClN3O4. The first-order chi connectivity index (χ1) is 16.2. The maximum absolute atomic E-state index is 14.2. The van der Waals surface area contributed by atoms with Crippen LogP contribution in [0.3, 0.4) is 0 Å². The highest BCUT2D eigenvalue weighted by Gasteiger charge is 2.74. The van der Waals surface area contributed by atoms with Gasteiger partial charge in [0.2, 0.25) is 17.7 Å². The van der Waals surface area contributed by atoms with Gasteiger partial charge in [0.25, 0.3) is 0 Å². The molecule has 2 aromatic carbocycles. The number of hydrogen-bond acceptors (Lipinski definition) is 5. The van der Waals surface area contributed by atoms with E-state index in [9.17, 15) is 14.4 Å². The molecule has 0 bridgehead atoms. The largest absolute Gasteiger partial charge is 0.495 e. The molecule has 34 heavy (non-hydrogen) atoms. The molecule has 4 aliphatic rings. The van der Waals surface area contributed by atoms with E-state index in [1.165, 1.54) is 12.0 Å². The highest BCUT2D eigenvalue weighted by molar-refractivity contribution is 6.32. The summed E-state index contributed by atoms with van der Waals surface area (Å²) in [6.07, 6.45) is 1.66. The van der Waals surface area contributed by atoms with Gasteiger partial charge < -0.3 is 10.1 Å². The van der Waals surface area contributed by atoms with Crippen LogP contribution in [0.15, 0.2) is 24.3 Å². The van der Waals surface area contributed by atoms with E-state index in [0.717, 1.165) is 40.8 Å². The fourth-order valence-corrected chi connectivity index (χ4v) is 7.04. The third-order valence-corrected chi connectivity index (χ3v) is 8.55. The maximum atomic E-state index is 14.2. The number of halogens is 1. The van der Waals surface area contributed by atoms with Crippen molar-refractivity contribution in [3.8, 4) is 5.75 Å². The molecule has 6 rings (SSSR count). The quantitative estimate of drug-likeness (QED) is 0.664. The first-order valence-electron chi connectivity index (χ1n) is 11.6. The summed E-state index contributed by atoms with van der Waals surface area (Å²) in [5, 5.41) is 3.57. The number of anilines is 2. The lowest BCUT2D eigenvalue weighted by Gasteiger charge is -2.37. The summed E-state index contributed by atoms with van der Waals surface area (Å²) in [5.74, 6) is -1.86. The number of imide groups is 1. The maximum Gasteiger partial charge on any atom is 0.250 e. The highest BCUT2D eigenvalue weighted by atomic mass is 35.5. The van der Waals surface area contributed by atoms with Crippen molar-refractivity contribution >= 4 is 40.7 Å². The molecule has 3 saturated heterocycles. The predicted molar refractivity (Wildman–Crippen MR) is 128 cm³/mol. The SMILES string of the molecule is COc1cc(Cl)c(C)cc1N1C(=O)[C@H]2[C@@H](C1=O)[C@@]1(C(=O)Nc3c(C)cc(C)cc31)N1CCC[C@@H]21. The summed E-state index contributed by atoms with van der Waals surface area (Å²) in [6, 6.07) is 7.22. The third kappa shape index (κ3) is 2.44. The van der Waals surface area contributed by atoms with Crippen molar-refractivity contribution < 1.29 is 19.1 Å². The van der Waals surface area contributed by atoms with E-state index in [1.807, 2.05) is 32.9 Å². The summed E-state index contributed by atoms with van der Waals surface area (Å²) in [7, 11) is 1.49. The predicted octanol–water partition coefficient (Wildman–Crippen LogP) is 3.71. The molecule has 4 atom stereocenters. The number of methoxy groups -OCH3 is 1. The van der Waals surface area contributed by atoms with Gasteiger partial charge in [-0.1, -0.05) is 29.3 Å². The molecule has 4 aliphatic heterocycles. The average molecular weight is 480 g/mol. The fourth-order valence-electron chi connectivity index (χ4n) is 6.88.